The molecule has 0 unspecified atom stereocenters. The predicted molar refractivity (Wildman–Crippen MR) is 105 cm³/mol. The third-order valence-corrected chi connectivity index (χ3v) is 4.22. The molecule has 0 aromatic heterocycles. The molecule has 0 radical (unpaired) electrons. The molecule has 2 rings (SSSR count). The van der Waals surface area contributed by atoms with Gasteiger partial charge in [-0.25, -0.2) is 0 Å². The Hall–Kier alpha value is -1.62. The van der Waals surface area contributed by atoms with Gasteiger partial charge >= 0.3 is 0 Å². The number of nitrogens with zero attached hydrogens (tertiary/aromatic N) is 1. The largest absolute Gasteiger partial charge is 0.493 e. The second-order valence-electron chi connectivity index (χ2n) is 5.49. The van der Waals surface area contributed by atoms with Gasteiger partial charge in [0.1, 0.15) is 0 Å². The zero-order chi connectivity index (χ0) is 18.4. The number of hydrogen-bond acceptors (Lipinski definition) is 4. The molecule has 0 saturated carbocycles. The van der Waals surface area contributed by atoms with Crippen LogP contribution in [0.1, 0.15) is 25.0 Å². The van der Waals surface area contributed by atoms with Gasteiger partial charge in [0.15, 0.2) is 11.5 Å². The Morgan fingerprint density at radius 3 is 2.40 bits per heavy atom. The van der Waals surface area contributed by atoms with Gasteiger partial charge in [0.2, 0.25) is 0 Å². The van der Waals surface area contributed by atoms with Crippen LogP contribution in [-0.2, 0) is 6.54 Å². The summed E-state index contributed by atoms with van der Waals surface area (Å²) in [6, 6.07) is 8.93. The highest BCUT2D eigenvalue weighted by Crippen LogP contribution is 2.36. The number of halogens is 3. The fraction of sp³-hybridized carbons (Fsp3) is 0.278. The van der Waals surface area contributed by atoms with Gasteiger partial charge in [-0.15, -0.1) is 0 Å². The van der Waals surface area contributed by atoms with Gasteiger partial charge in [0, 0.05) is 15.6 Å². The first-order chi connectivity index (χ1) is 11.9. The number of nitrogens with one attached hydrogen (secondary N) is 1. The molecule has 25 heavy (non-hydrogen) atoms. The van der Waals surface area contributed by atoms with Crippen molar-refractivity contribution in [3.63, 3.8) is 0 Å². The first-order valence-electron chi connectivity index (χ1n) is 7.65. The Balaban J connectivity index is 2.09. The van der Waals surface area contributed by atoms with Crippen molar-refractivity contribution in [1.82, 2.24) is 5.43 Å². The van der Waals surface area contributed by atoms with Crippen molar-refractivity contribution >= 4 is 41.0 Å². The van der Waals surface area contributed by atoms with E-state index in [1.807, 2.05) is 13.8 Å². The molecule has 0 atom stereocenters. The molecule has 0 bridgehead atoms. The molecular formula is C18H19Cl3N2O2. The lowest BCUT2D eigenvalue weighted by molar-refractivity contribution is 0.230. The molecule has 1 N–H and O–H groups in total. The molecule has 0 heterocycles. The molecule has 0 aliphatic carbocycles. The van der Waals surface area contributed by atoms with Crippen molar-refractivity contribution in [2.75, 3.05) is 7.11 Å². The van der Waals surface area contributed by atoms with E-state index in [4.69, 9.17) is 44.3 Å². The second-order valence-corrected chi connectivity index (χ2v) is 6.72. The monoisotopic (exact) mass is 400 g/mol. The lowest BCUT2D eigenvalue weighted by Crippen LogP contribution is -2.08. The second kappa shape index (κ2) is 9.18. The smallest absolute Gasteiger partial charge is 0.180 e. The van der Waals surface area contributed by atoms with Crippen molar-refractivity contribution in [1.29, 1.82) is 0 Å². The summed E-state index contributed by atoms with van der Waals surface area (Å²) < 4.78 is 11.0. The van der Waals surface area contributed by atoms with E-state index >= 15 is 0 Å². The zero-order valence-electron chi connectivity index (χ0n) is 14.1. The van der Waals surface area contributed by atoms with Gasteiger partial charge in [-0.1, -0.05) is 40.9 Å². The third kappa shape index (κ3) is 5.43. The molecule has 0 saturated heterocycles. The molecule has 0 aliphatic rings. The van der Waals surface area contributed by atoms with Crippen LogP contribution >= 0.6 is 34.8 Å². The highest BCUT2D eigenvalue weighted by atomic mass is 35.5. The first kappa shape index (κ1) is 19.7. The van der Waals surface area contributed by atoms with E-state index < -0.39 is 0 Å². The summed E-state index contributed by atoms with van der Waals surface area (Å²) in [6.07, 6.45) is 1.63. The Morgan fingerprint density at radius 1 is 1.12 bits per heavy atom. The Bertz CT molecular complexity index is 744. The minimum Gasteiger partial charge on any atom is -0.493 e. The van der Waals surface area contributed by atoms with Crippen LogP contribution in [0.5, 0.6) is 11.5 Å². The summed E-state index contributed by atoms with van der Waals surface area (Å²) in [7, 11) is 1.57. The maximum atomic E-state index is 6.29. The number of benzene rings is 2. The Morgan fingerprint density at radius 2 is 1.80 bits per heavy atom. The summed E-state index contributed by atoms with van der Waals surface area (Å²) in [5.41, 5.74) is 4.49. The summed E-state index contributed by atoms with van der Waals surface area (Å²) in [4.78, 5) is 0. The molecule has 0 spiro atoms. The van der Waals surface area contributed by atoms with E-state index in [1.165, 1.54) is 0 Å². The summed E-state index contributed by atoms with van der Waals surface area (Å²) in [5.74, 6) is 1.07. The van der Waals surface area contributed by atoms with E-state index in [0.717, 1.165) is 11.1 Å². The molecule has 0 amide bonds. The molecule has 7 heteroatoms. The average Bonchev–Trinajstić information content (AvgIpc) is 2.55. The number of hydrazone groups is 1. The molecular weight excluding hydrogens is 383 g/mol. The topological polar surface area (TPSA) is 42.8 Å². The standard InChI is InChI=1S/C18H19Cl3N2O2/c1-11(2)25-18-16(21)7-12(8-17(18)24-3)9-22-23-10-13-14(19)5-4-6-15(13)20/h4-9,11,23H,10H2,1-3H3/b22-9-. The predicted octanol–water partition coefficient (Wildman–Crippen LogP) is 5.57. The molecule has 2 aromatic rings. The highest BCUT2D eigenvalue weighted by molar-refractivity contribution is 6.36. The van der Waals surface area contributed by atoms with Gasteiger partial charge < -0.3 is 14.9 Å². The third-order valence-electron chi connectivity index (χ3n) is 3.23. The van der Waals surface area contributed by atoms with Crippen molar-refractivity contribution in [2.24, 2.45) is 5.10 Å². The number of ether oxygens (including phenoxy) is 2. The van der Waals surface area contributed by atoms with Crippen molar-refractivity contribution in [2.45, 2.75) is 26.5 Å². The van der Waals surface area contributed by atoms with Crippen LogP contribution in [-0.4, -0.2) is 19.4 Å². The van der Waals surface area contributed by atoms with Crippen LogP contribution < -0.4 is 14.9 Å². The van der Waals surface area contributed by atoms with Gasteiger partial charge in [0.05, 0.1) is 31.0 Å². The lowest BCUT2D eigenvalue weighted by atomic mass is 10.2. The number of hydrogen-bond donors (Lipinski definition) is 1. The fourth-order valence-electron chi connectivity index (χ4n) is 2.11. The van der Waals surface area contributed by atoms with Crippen molar-refractivity contribution in [3.8, 4) is 11.5 Å². The first-order valence-corrected chi connectivity index (χ1v) is 8.78. The van der Waals surface area contributed by atoms with Crippen LogP contribution in [0.15, 0.2) is 35.4 Å². The summed E-state index contributed by atoms with van der Waals surface area (Å²) in [5, 5.41) is 5.83. The lowest BCUT2D eigenvalue weighted by Gasteiger charge is -2.15. The van der Waals surface area contributed by atoms with Crippen LogP contribution in [0.3, 0.4) is 0 Å². The van der Waals surface area contributed by atoms with Gasteiger partial charge in [-0.05, 0) is 43.7 Å². The number of methoxy groups -OCH3 is 1. The maximum absolute atomic E-state index is 6.29. The van der Waals surface area contributed by atoms with Gasteiger partial charge in [-0.2, -0.15) is 5.10 Å². The molecule has 134 valence electrons. The Labute approximate surface area is 162 Å². The molecule has 4 nitrogen and oxygen atoms in total. The summed E-state index contributed by atoms with van der Waals surface area (Å²) >= 11 is 18.5. The minimum absolute atomic E-state index is 0.00652. The van der Waals surface area contributed by atoms with E-state index in [0.29, 0.717) is 33.1 Å². The maximum Gasteiger partial charge on any atom is 0.180 e. The van der Waals surface area contributed by atoms with Crippen molar-refractivity contribution in [3.05, 3.63) is 56.5 Å². The normalized spacial score (nSPS) is 11.2. The average molecular weight is 402 g/mol. The van der Waals surface area contributed by atoms with Crippen molar-refractivity contribution < 1.29 is 9.47 Å². The zero-order valence-corrected chi connectivity index (χ0v) is 16.4. The van der Waals surface area contributed by atoms with Crippen LogP contribution in [0.25, 0.3) is 0 Å². The van der Waals surface area contributed by atoms with Gasteiger partial charge in [0.25, 0.3) is 0 Å². The molecule has 0 fully saturated rings. The van der Waals surface area contributed by atoms with Crippen LogP contribution in [0.4, 0.5) is 0 Å². The minimum atomic E-state index is -0.00652. The van der Waals surface area contributed by atoms with E-state index in [9.17, 15) is 0 Å². The Kier molecular flexibility index (Phi) is 7.24. The van der Waals surface area contributed by atoms with E-state index in [2.05, 4.69) is 10.5 Å². The fourth-order valence-corrected chi connectivity index (χ4v) is 2.91. The number of rotatable bonds is 7. The highest BCUT2D eigenvalue weighted by Gasteiger charge is 2.13. The van der Waals surface area contributed by atoms with Crippen LogP contribution in [0.2, 0.25) is 15.1 Å². The van der Waals surface area contributed by atoms with E-state index in [1.54, 1.807) is 43.7 Å². The van der Waals surface area contributed by atoms with Gasteiger partial charge in [-0.3, -0.25) is 0 Å². The van der Waals surface area contributed by atoms with Crippen LogP contribution in [0, 0.1) is 0 Å². The molecule has 2 aromatic carbocycles. The molecule has 0 aliphatic heterocycles. The SMILES string of the molecule is COc1cc(/C=N\NCc2c(Cl)cccc2Cl)cc(Cl)c1OC(C)C. The quantitative estimate of drug-likeness (QED) is 0.487. The summed E-state index contributed by atoms with van der Waals surface area (Å²) in [6.45, 7) is 4.26. The van der Waals surface area contributed by atoms with E-state index in [-0.39, 0.29) is 6.10 Å².